The molecule has 0 aliphatic rings. The number of nitrogens with one attached hydrogen (secondary N) is 1. The van der Waals surface area contributed by atoms with Crippen molar-refractivity contribution in [2.45, 2.75) is 6.92 Å². The fourth-order valence-corrected chi connectivity index (χ4v) is 1.70. The number of hydrogen-bond donors (Lipinski definition) is 1. The average molecular weight is 258 g/mol. The zero-order chi connectivity index (χ0) is 14.0. The van der Waals surface area contributed by atoms with Gasteiger partial charge in [-0.15, -0.1) is 0 Å². The predicted molar refractivity (Wildman–Crippen MR) is 67.0 cm³/mol. The highest BCUT2D eigenvalue weighted by Gasteiger charge is 2.12. The standard InChI is InChI=1S/C13H11FN4O/c1-8-12(7-18(2)17-8)16-13(19)10-3-9(6-15)4-11(14)5-10/h3-5,7H,1-2H3,(H,16,19). The van der Waals surface area contributed by atoms with Crippen molar-refractivity contribution in [2.24, 2.45) is 7.05 Å². The van der Waals surface area contributed by atoms with Crippen LogP contribution in [0.4, 0.5) is 10.1 Å². The molecule has 1 N–H and O–H groups in total. The summed E-state index contributed by atoms with van der Waals surface area (Å²) in [5.41, 5.74) is 1.41. The number of carbonyl (C=O) groups is 1. The van der Waals surface area contributed by atoms with Gasteiger partial charge in [0.1, 0.15) is 5.82 Å². The van der Waals surface area contributed by atoms with E-state index in [0.29, 0.717) is 11.4 Å². The van der Waals surface area contributed by atoms with Crippen molar-refractivity contribution in [1.29, 1.82) is 5.26 Å². The molecule has 1 heterocycles. The maximum Gasteiger partial charge on any atom is 0.255 e. The summed E-state index contributed by atoms with van der Waals surface area (Å²) >= 11 is 0. The molecule has 1 aromatic heterocycles. The van der Waals surface area contributed by atoms with Crippen LogP contribution in [0, 0.1) is 24.1 Å². The molecule has 0 aliphatic carbocycles. The van der Waals surface area contributed by atoms with Crippen LogP contribution in [0.15, 0.2) is 24.4 Å². The van der Waals surface area contributed by atoms with Gasteiger partial charge in [0, 0.05) is 18.8 Å². The van der Waals surface area contributed by atoms with Crippen LogP contribution in [0.25, 0.3) is 0 Å². The van der Waals surface area contributed by atoms with Crippen molar-refractivity contribution in [1.82, 2.24) is 9.78 Å². The Balaban J connectivity index is 2.28. The fraction of sp³-hybridized carbons (Fsp3) is 0.154. The Bertz CT molecular complexity index is 684. The second-order valence-electron chi connectivity index (χ2n) is 4.10. The molecule has 0 aliphatic heterocycles. The summed E-state index contributed by atoms with van der Waals surface area (Å²) in [5, 5.41) is 15.5. The molecule has 5 nitrogen and oxygen atoms in total. The van der Waals surface area contributed by atoms with Gasteiger partial charge in [-0.25, -0.2) is 4.39 Å². The molecule has 2 aromatic rings. The van der Waals surface area contributed by atoms with Gasteiger partial charge in [-0.1, -0.05) is 0 Å². The molecule has 1 amide bonds. The number of anilines is 1. The molecule has 0 unspecified atom stereocenters. The lowest BCUT2D eigenvalue weighted by Crippen LogP contribution is -2.12. The Hall–Kier alpha value is -2.68. The normalized spacial score (nSPS) is 10.0. The van der Waals surface area contributed by atoms with E-state index in [9.17, 15) is 9.18 Å². The van der Waals surface area contributed by atoms with Gasteiger partial charge >= 0.3 is 0 Å². The van der Waals surface area contributed by atoms with E-state index in [1.165, 1.54) is 6.07 Å². The molecule has 19 heavy (non-hydrogen) atoms. The zero-order valence-electron chi connectivity index (χ0n) is 10.4. The summed E-state index contributed by atoms with van der Waals surface area (Å²) < 4.78 is 14.8. The van der Waals surface area contributed by atoms with Crippen LogP contribution in [0.2, 0.25) is 0 Å². The molecular weight excluding hydrogens is 247 g/mol. The van der Waals surface area contributed by atoms with E-state index in [-0.39, 0.29) is 11.1 Å². The van der Waals surface area contributed by atoms with E-state index in [4.69, 9.17) is 5.26 Å². The van der Waals surface area contributed by atoms with Crippen molar-refractivity contribution in [3.63, 3.8) is 0 Å². The van der Waals surface area contributed by atoms with E-state index in [1.54, 1.807) is 30.9 Å². The summed E-state index contributed by atoms with van der Waals surface area (Å²) in [7, 11) is 1.73. The largest absolute Gasteiger partial charge is 0.319 e. The maximum absolute atomic E-state index is 13.2. The highest BCUT2D eigenvalue weighted by molar-refractivity contribution is 6.04. The van der Waals surface area contributed by atoms with Gasteiger partial charge in [-0.2, -0.15) is 10.4 Å². The molecule has 6 heteroatoms. The number of halogens is 1. The van der Waals surface area contributed by atoms with Crippen LogP contribution in [0.1, 0.15) is 21.6 Å². The summed E-state index contributed by atoms with van der Waals surface area (Å²) in [6.07, 6.45) is 1.65. The first kappa shape index (κ1) is 12.8. The van der Waals surface area contributed by atoms with Crippen LogP contribution in [0.5, 0.6) is 0 Å². The maximum atomic E-state index is 13.2. The van der Waals surface area contributed by atoms with Crippen molar-refractivity contribution < 1.29 is 9.18 Å². The molecule has 0 saturated heterocycles. The van der Waals surface area contributed by atoms with Gasteiger partial charge < -0.3 is 5.32 Å². The second-order valence-corrected chi connectivity index (χ2v) is 4.10. The minimum absolute atomic E-state index is 0.0970. The number of aryl methyl sites for hydroxylation is 2. The topological polar surface area (TPSA) is 70.7 Å². The first-order chi connectivity index (χ1) is 8.99. The SMILES string of the molecule is Cc1nn(C)cc1NC(=O)c1cc(F)cc(C#N)c1. The van der Waals surface area contributed by atoms with Gasteiger partial charge in [0.05, 0.1) is 23.0 Å². The molecular formula is C13H11FN4O. The first-order valence-electron chi connectivity index (χ1n) is 5.52. The number of hydrogen-bond acceptors (Lipinski definition) is 3. The molecule has 0 fully saturated rings. The van der Waals surface area contributed by atoms with Gasteiger partial charge in [0.15, 0.2) is 0 Å². The first-order valence-corrected chi connectivity index (χ1v) is 5.52. The number of nitrogens with zero attached hydrogens (tertiary/aromatic N) is 3. The van der Waals surface area contributed by atoms with Crippen molar-refractivity contribution in [2.75, 3.05) is 5.32 Å². The van der Waals surface area contributed by atoms with E-state index in [2.05, 4.69) is 10.4 Å². The Morgan fingerprint density at radius 2 is 2.21 bits per heavy atom. The fourth-order valence-electron chi connectivity index (χ4n) is 1.70. The number of benzene rings is 1. The smallest absolute Gasteiger partial charge is 0.255 e. The molecule has 2 rings (SSSR count). The number of rotatable bonds is 2. The van der Waals surface area contributed by atoms with Gasteiger partial charge in [0.2, 0.25) is 0 Å². The second kappa shape index (κ2) is 4.90. The molecule has 0 bridgehead atoms. The molecule has 96 valence electrons. The van der Waals surface area contributed by atoms with Gasteiger partial charge in [-0.3, -0.25) is 9.48 Å². The average Bonchev–Trinajstić information content (AvgIpc) is 2.67. The zero-order valence-corrected chi connectivity index (χ0v) is 10.4. The predicted octanol–water partition coefficient (Wildman–Crippen LogP) is 1.99. The Morgan fingerprint density at radius 1 is 1.47 bits per heavy atom. The summed E-state index contributed by atoms with van der Waals surface area (Å²) in [6, 6.07) is 5.30. The van der Waals surface area contributed by atoms with E-state index in [0.717, 1.165) is 12.1 Å². The van der Waals surface area contributed by atoms with Crippen molar-refractivity contribution >= 4 is 11.6 Å². The van der Waals surface area contributed by atoms with Crippen molar-refractivity contribution in [3.05, 3.63) is 47.0 Å². The van der Waals surface area contributed by atoms with Crippen LogP contribution >= 0.6 is 0 Å². The van der Waals surface area contributed by atoms with Gasteiger partial charge in [0.25, 0.3) is 5.91 Å². The molecule has 1 aromatic carbocycles. The highest BCUT2D eigenvalue weighted by atomic mass is 19.1. The monoisotopic (exact) mass is 258 g/mol. The lowest BCUT2D eigenvalue weighted by atomic mass is 10.1. The minimum Gasteiger partial charge on any atom is -0.319 e. The number of nitriles is 1. The van der Waals surface area contributed by atoms with Crippen LogP contribution < -0.4 is 5.32 Å². The number of amides is 1. The van der Waals surface area contributed by atoms with Crippen LogP contribution in [0.3, 0.4) is 0 Å². The Labute approximate surface area is 109 Å². The lowest BCUT2D eigenvalue weighted by molar-refractivity contribution is 0.102. The van der Waals surface area contributed by atoms with E-state index >= 15 is 0 Å². The summed E-state index contributed by atoms with van der Waals surface area (Å²) in [4.78, 5) is 12.0. The minimum atomic E-state index is -0.618. The number of carbonyl (C=O) groups excluding carboxylic acids is 1. The number of aromatic nitrogens is 2. The van der Waals surface area contributed by atoms with Crippen LogP contribution in [-0.4, -0.2) is 15.7 Å². The van der Waals surface area contributed by atoms with E-state index in [1.807, 2.05) is 0 Å². The third-order valence-electron chi connectivity index (χ3n) is 2.55. The third kappa shape index (κ3) is 2.77. The van der Waals surface area contributed by atoms with Gasteiger partial charge in [-0.05, 0) is 25.1 Å². The third-order valence-corrected chi connectivity index (χ3v) is 2.55. The summed E-state index contributed by atoms with van der Waals surface area (Å²) in [6.45, 7) is 1.75. The molecule has 0 radical (unpaired) electrons. The Morgan fingerprint density at radius 3 is 2.79 bits per heavy atom. The lowest BCUT2D eigenvalue weighted by Gasteiger charge is -2.04. The molecule has 0 saturated carbocycles. The van der Waals surface area contributed by atoms with E-state index < -0.39 is 11.7 Å². The molecule has 0 spiro atoms. The molecule has 0 atom stereocenters. The summed E-state index contributed by atoms with van der Waals surface area (Å²) in [5.74, 6) is -1.10. The van der Waals surface area contributed by atoms with Crippen LogP contribution in [-0.2, 0) is 7.05 Å². The van der Waals surface area contributed by atoms with Crippen molar-refractivity contribution in [3.8, 4) is 6.07 Å². The quantitative estimate of drug-likeness (QED) is 0.895. The highest BCUT2D eigenvalue weighted by Crippen LogP contribution is 2.15. The Kier molecular flexibility index (Phi) is 3.29.